The zero-order valence-electron chi connectivity index (χ0n) is 14.4. The fourth-order valence-corrected chi connectivity index (χ4v) is 3.79. The van der Waals surface area contributed by atoms with Crippen LogP contribution in [0.15, 0.2) is 60.7 Å². The molecule has 1 aliphatic carbocycles. The average molecular weight is 345 g/mol. The zero-order valence-corrected chi connectivity index (χ0v) is 14.4. The van der Waals surface area contributed by atoms with Crippen molar-refractivity contribution in [3.63, 3.8) is 0 Å². The van der Waals surface area contributed by atoms with Crippen LogP contribution < -0.4 is 0 Å². The minimum atomic E-state index is -0.270. The summed E-state index contributed by atoms with van der Waals surface area (Å²) in [5, 5.41) is 0. The third kappa shape index (κ3) is 2.99. The molecule has 4 heteroatoms. The van der Waals surface area contributed by atoms with Gasteiger partial charge in [-0.2, -0.15) is 0 Å². The highest BCUT2D eigenvalue weighted by molar-refractivity contribution is 6.13. The molecule has 0 saturated heterocycles. The summed E-state index contributed by atoms with van der Waals surface area (Å²) in [6, 6.07) is 15.4. The molecule has 0 N–H and O–H groups in total. The average Bonchev–Trinajstić information content (AvgIpc) is 3.22. The normalized spacial score (nSPS) is 18.5. The summed E-state index contributed by atoms with van der Waals surface area (Å²) >= 11 is 0. The summed E-state index contributed by atoms with van der Waals surface area (Å²) in [6.07, 6.45) is 5.31. The van der Waals surface area contributed by atoms with Crippen LogP contribution in [0.1, 0.15) is 45.9 Å². The summed E-state index contributed by atoms with van der Waals surface area (Å²) in [5.41, 5.74) is 3.83. The van der Waals surface area contributed by atoms with Gasteiger partial charge in [0, 0.05) is 24.1 Å². The molecular weight excluding hydrogens is 326 g/mol. The third-order valence-corrected chi connectivity index (χ3v) is 5.15. The van der Waals surface area contributed by atoms with E-state index in [1.54, 1.807) is 0 Å². The first-order valence-electron chi connectivity index (χ1n) is 8.88. The number of rotatable bonds is 5. The number of hydrogen-bond donors (Lipinski definition) is 0. The monoisotopic (exact) mass is 345 g/mol. The number of ketones is 1. The second-order valence-corrected chi connectivity index (χ2v) is 6.76. The minimum Gasteiger partial charge on any atom is -0.294 e. The zero-order chi connectivity index (χ0) is 18.1. The van der Waals surface area contributed by atoms with Crippen LogP contribution in [0.4, 0.5) is 0 Å². The van der Waals surface area contributed by atoms with E-state index in [0.29, 0.717) is 18.4 Å². The SMILES string of the molecule is O=C(CCc1ccccc1)c1ccc2c(c1)[C@@H](N1C(=O)C=CC1=O)CC2. The quantitative estimate of drug-likeness (QED) is 0.616. The van der Waals surface area contributed by atoms with Gasteiger partial charge in [0.2, 0.25) is 0 Å². The summed E-state index contributed by atoms with van der Waals surface area (Å²) < 4.78 is 0. The number of Topliss-reactive ketones (excluding diaryl/α,β-unsaturated/α-hetero) is 1. The fourth-order valence-electron chi connectivity index (χ4n) is 3.79. The Balaban J connectivity index is 1.53. The summed E-state index contributed by atoms with van der Waals surface area (Å²) in [7, 11) is 0. The topological polar surface area (TPSA) is 54.5 Å². The van der Waals surface area contributed by atoms with Gasteiger partial charge in [0.15, 0.2) is 5.78 Å². The molecule has 130 valence electrons. The first-order valence-corrected chi connectivity index (χ1v) is 8.88. The second kappa shape index (κ2) is 6.71. The van der Waals surface area contributed by atoms with Gasteiger partial charge >= 0.3 is 0 Å². The maximum absolute atomic E-state index is 12.6. The van der Waals surface area contributed by atoms with Crippen LogP contribution in [0.2, 0.25) is 0 Å². The number of aryl methyl sites for hydroxylation is 2. The Bertz CT molecular complexity index is 896. The van der Waals surface area contributed by atoms with E-state index in [0.717, 1.165) is 29.5 Å². The molecule has 1 atom stereocenters. The Morgan fingerprint density at radius 2 is 1.73 bits per heavy atom. The fraction of sp³-hybridized carbons (Fsp3) is 0.227. The lowest BCUT2D eigenvalue weighted by Gasteiger charge is -2.23. The van der Waals surface area contributed by atoms with Crippen molar-refractivity contribution in [3.05, 3.63) is 82.9 Å². The molecule has 0 radical (unpaired) electrons. The van der Waals surface area contributed by atoms with Crippen LogP contribution >= 0.6 is 0 Å². The lowest BCUT2D eigenvalue weighted by Crippen LogP contribution is -2.33. The first kappa shape index (κ1) is 16.5. The maximum Gasteiger partial charge on any atom is 0.254 e. The number of imide groups is 1. The van der Waals surface area contributed by atoms with Crippen molar-refractivity contribution in [2.24, 2.45) is 0 Å². The number of amides is 2. The van der Waals surface area contributed by atoms with Gasteiger partial charge in [0.1, 0.15) is 0 Å². The largest absolute Gasteiger partial charge is 0.294 e. The van der Waals surface area contributed by atoms with Crippen LogP contribution in [0, 0.1) is 0 Å². The Kier molecular flexibility index (Phi) is 4.25. The molecule has 0 fully saturated rings. The number of benzene rings is 2. The Hall–Kier alpha value is -3.01. The van der Waals surface area contributed by atoms with Crippen LogP contribution in [-0.2, 0) is 22.4 Å². The van der Waals surface area contributed by atoms with E-state index < -0.39 is 0 Å². The van der Waals surface area contributed by atoms with E-state index in [-0.39, 0.29) is 23.6 Å². The molecule has 0 unspecified atom stereocenters. The molecule has 2 amide bonds. The van der Waals surface area contributed by atoms with Crippen LogP contribution in [0.25, 0.3) is 0 Å². The van der Waals surface area contributed by atoms with E-state index >= 15 is 0 Å². The van der Waals surface area contributed by atoms with E-state index in [1.807, 2.05) is 48.5 Å². The van der Waals surface area contributed by atoms with E-state index in [9.17, 15) is 14.4 Å². The van der Waals surface area contributed by atoms with Gasteiger partial charge in [0.05, 0.1) is 6.04 Å². The molecule has 0 saturated carbocycles. The van der Waals surface area contributed by atoms with Crippen molar-refractivity contribution in [2.45, 2.75) is 31.7 Å². The smallest absolute Gasteiger partial charge is 0.254 e. The summed E-state index contributed by atoms with van der Waals surface area (Å²) in [6.45, 7) is 0. The molecule has 4 nitrogen and oxygen atoms in total. The molecule has 0 spiro atoms. The summed E-state index contributed by atoms with van der Waals surface area (Å²) in [4.78, 5) is 37.9. The molecule has 0 bridgehead atoms. The van der Waals surface area contributed by atoms with Crippen LogP contribution in [0.3, 0.4) is 0 Å². The number of carbonyl (C=O) groups is 3. The Labute approximate surface area is 152 Å². The number of carbonyl (C=O) groups excluding carboxylic acids is 3. The van der Waals surface area contributed by atoms with Crippen molar-refractivity contribution in [3.8, 4) is 0 Å². The standard InChI is InChI=1S/C22H19NO3/c24-20(11-6-15-4-2-1-3-5-15)17-8-7-16-9-10-19(18(16)14-17)23-21(25)12-13-22(23)26/h1-5,7-8,12-14,19H,6,9-11H2/t19-/m0/s1. The van der Waals surface area contributed by atoms with Gasteiger partial charge in [-0.05, 0) is 42.0 Å². The van der Waals surface area contributed by atoms with E-state index in [2.05, 4.69) is 0 Å². The van der Waals surface area contributed by atoms with Crippen molar-refractivity contribution in [2.75, 3.05) is 0 Å². The molecule has 26 heavy (non-hydrogen) atoms. The highest BCUT2D eigenvalue weighted by Crippen LogP contribution is 2.37. The molecule has 0 aromatic heterocycles. The van der Waals surface area contributed by atoms with Crippen molar-refractivity contribution in [1.29, 1.82) is 0 Å². The summed E-state index contributed by atoms with van der Waals surface area (Å²) in [5.74, 6) is -0.457. The van der Waals surface area contributed by atoms with Gasteiger partial charge in [-0.25, -0.2) is 0 Å². The minimum absolute atomic E-state index is 0.0829. The van der Waals surface area contributed by atoms with Gasteiger partial charge in [-0.15, -0.1) is 0 Å². The highest BCUT2D eigenvalue weighted by atomic mass is 16.2. The highest BCUT2D eigenvalue weighted by Gasteiger charge is 2.36. The van der Waals surface area contributed by atoms with E-state index in [1.165, 1.54) is 17.1 Å². The molecule has 2 aromatic rings. The third-order valence-electron chi connectivity index (χ3n) is 5.15. The number of nitrogens with zero attached hydrogens (tertiary/aromatic N) is 1. The Morgan fingerprint density at radius 1 is 1.00 bits per heavy atom. The van der Waals surface area contributed by atoms with Gasteiger partial charge < -0.3 is 0 Å². The predicted molar refractivity (Wildman–Crippen MR) is 97.6 cm³/mol. The van der Waals surface area contributed by atoms with Crippen molar-refractivity contribution in [1.82, 2.24) is 4.90 Å². The molecule has 2 aliphatic rings. The molecule has 4 rings (SSSR count). The molecule has 1 heterocycles. The lowest BCUT2D eigenvalue weighted by molar-refractivity contribution is -0.139. The first-order chi connectivity index (χ1) is 12.6. The number of hydrogen-bond acceptors (Lipinski definition) is 3. The van der Waals surface area contributed by atoms with Crippen LogP contribution in [0.5, 0.6) is 0 Å². The van der Waals surface area contributed by atoms with Crippen molar-refractivity contribution >= 4 is 17.6 Å². The van der Waals surface area contributed by atoms with Gasteiger partial charge in [-0.1, -0.05) is 42.5 Å². The molecular formula is C22H19NO3. The van der Waals surface area contributed by atoms with E-state index in [4.69, 9.17) is 0 Å². The Morgan fingerprint density at radius 3 is 2.46 bits per heavy atom. The van der Waals surface area contributed by atoms with Gasteiger partial charge in [-0.3, -0.25) is 19.3 Å². The lowest BCUT2D eigenvalue weighted by atomic mass is 9.98. The second-order valence-electron chi connectivity index (χ2n) is 6.76. The van der Waals surface area contributed by atoms with Crippen LogP contribution in [-0.4, -0.2) is 22.5 Å². The molecule has 1 aliphatic heterocycles. The van der Waals surface area contributed by atoms with Gasteiger partial charge in [0.25, 0.3) is 11.8 Å². The predicted octanol–water partition coefficient (Wildman–Crippen LogP) is 3.41. The molecule has 2 aromatic carbocycles. The van der Waals surface area contributed by atoms with Crippen molar-refractivity contribution < 1.29 is 14.4 Å². The number of fused-ring (bicyclic) bond motifs is 1. The maximum atomic E-state index is 12.6.